The van der Waals surface area contributed by atoms with Crippen molar-refractivity contribution in [1.82, 2.24) is 15.0 Å². The molecule has 0 saturated heterocycles. The molecule has 0 aliphatic heterocycles. The van der Waals surface area contributed by atoms with E-state index in [0.717, 1.165) is 5.56 Å². The summed E-state index contributed by atoms with van der Waals surface area (Å²) in [5.74, 6) is 1.61. The molecule has 0 atom stereocenters. The first-order valence-electron chi connectivity index (χ1n) is 8.72. The van der Waals surface area contributed by atoms with Gasteiger partial charge in [-0.15, -0.1) is 11.3 Å². The number of carbonyl (C=O) groups excluding carboxylic acids is 1. The third kappa shape index (κ3) is 4.58. The van der Waals surface area contributed by atoms with Crippen molar-refractivity contribution in [2.24, 2.45) is 0 Å². The van der Waals surface area contributed by atoms with E-state index < -0.39 is 0 Å². The fraction of sp³-hybridized carbons (Fsp3) is 0.350. The molecule has 3 rings (SSSR count). The van der Waals surface area contributed by atoms with Crippen LogP contribution in [0.1, 0.15) is 42.5 Å². The Labute approximate surface area is 157 Å². The molecule has 0 aliphatic carbocycles. The summed E-state index contributed by atoms with van der Waals surface area (Å²) in [6.45, 7) is 4.95. The summed E-state index contributed by atoms with van der Waals surface area (Å²) in [6.07, 6.45) is 0.806. The normalized spacial score (nSPS) is 11.1. The second kappa shape index (κ2) is 8.27. The minimum Gasteiger partial charge on any atom is -0.341 e. The predicted octanol–water partition coefficient (Wildman–Crippen LogP) is 4.51. The molecule has 0 fully saturated rings. The van der Waals surface area contributed by atoms with Crippen molar-refractivity contribution in [3.8, 4) is 11.4 Å². The average Bonchev–Trinajstić information content (AvgIpc) is 3.31. The second-order valence-electron chi connectivity index (χ2n) is 6.62. The topological polar surface area (TPSA) is 59.2 Å². The van der Waals surface area contributed by atoms with Crippen LogP contribution in [-0.2, 0) is 17.8 Å². The van der Waals surface area contributed by atoms with Crippen LogP contribution in [0.5, 0.6) is 0 Å². The van der Waals surface area contributed by atoms with E-state index in [1.54, 1.807) is 16.2 Å². The van der Waals surface area contributed by atoms with E-state index >= 15 is 0 Å². The number of carbonyl (C=O) groups is 1. The van der Waals surface area contributed by atoms with Gasteiger partial charge in [-0.2, -0.15) is 4.98 Å². The van der Waals surface area contributed by atoms with Crippen LogP contribution in [0.25, 0.3) is 11.4 Å². The number of amides is 1. The second-order valence-corrected chi connectivity index (χ2v) is 7.65. The lowest BCUT2D eigenvalue weighted by atomic mass is 10.0. The molecule has 26 heavy (non-hydrogen) atoms. The number of aryl methyl sites for hydroxylation is 1. The predicted molar refractivity (Wildman–Crippen MR) is 103 cm³/mol. The van der Waals surface area contributed by atoms with E-state index in [1.165, 1.54) is 10.4 Å². The van der Waals surface area contributed by atoms with Crippen molar-refractivity contribution in [2.45, 2.75) is 39.2 Å². The number of rotatable bonds is 7. The highest BCUT2D eigenvalue weighted by Crippen LogP contribution is 2.21. The van der Waals surface area contributed by atoms with Gasteiger partial charge in [0.15, 0.2) is 0 Å². The van der Waals surface area contributed by atoms with Gasteiger partial charge in [0.25, 0.3) is 0 Å². The first-order valence-corrected chi connectivity index (χ1v) is 9.60. The highest BCUT2D eigenvalue weighted by Gasteiger charge is 2.14. The van der Waals surface area contributed by atoms with Crippen molar-refractivity contribution in [3.05, 3.63) is 58.1 Å². The fourth-order valence-electron chi connectivity index (χ4n) is 2.62. The lowest BCUT2D eigenvalue weighted by molar-refractivity contribution is -0.130. The number of nitrogens with zero attached hydrogens (tertiary/aromatic N) is 3. The van der Waals surface area contributed by atoms with E-state index in [0.29, 0.717) is 37.0 Å². The van der Waals surface area contributed by atoms with Gasteiger partial charge in [0.05, 0.1) is 6.54 Å². The third-order valence-electron chi connectivity index (χ3n) is 4.26. The van der Waals surface area contributed by atoms with E-state index in [9.17, 15) is 4.79 Å². The zero-order chi connectivity index (χ0) is 18.5. The molecule has 0 N–H and O–H groups in total. The summed E-state index contributed by atoms with van der Waals surface area (Å²) in [5, 5.41) is 6.05. The molecule has 0 spiro atoms. The number of aromatic nitrogens is 2. The smallest absolute Gasteiger partial charge is 0.227 e. The maximum Gasteiger partial charge on any atom is 0.227 e. The number of hydrogen-bond acceptors (Lipinski definition) is 5. The average molecular weight is 369 g/mol. The number of thiophene rings is 1. The van der Waals surface area contributed by atoms with Crippen LogP contribution in [0.4, 0.5) is 0 Å². The molecule has 0 radical (unpaired) electrons. The van der Waals surface area contributed by atoms with Crippen LogP contribution in [0.2, 0.25) is 0 Å². The van der Waals surface area contributed by atoms with Crippen LogP contribution >= 0.6 is 11.3 Å². The zero-order valence-corrected chi connectivity index (χ0v) is 16.1. The minimum absolute atomic E-state index is 0.0689. The molecule has 2 heterocycles. The summed E-state index contributed by atoms with van der Waals surface area (Å²) in [6, 6.07) is 12.2. The molecule has 0 saturated carbocycles. The summed E-state index contributed by atoms with van der Waals surface area (Å²) in [4.78, 5) is 19.6. The number of hydrogen-bond donors (Lipinski definition) is 0. The van der Waals surface area contributed by atoms with Crippen molar-refractivity contribution in [2.75, 3.05) is 7.05 Å². The Morgan fingerprint density at radius 3 is 2.65 bits per heavy atom. The molecular formula is C20H23N3O2S. The van der Waals surface area contributed by atoms with Gasteiger partial charge in [-0.25, -0.2) is 0 Å². The molecule has 1 aromatic carbocycles. The fourth-order valence-corrected chi connectivity index (χ4v) is 3.38. The molecule has 0 aliphatic rings. The van der Waals surface area contributed by atoms with Gasteiger partial charge in [0, 0.05) is 30.3 Å². The Morgan fingerprint density at radius 2 is 2.00 bits per heavy atom. The Morgan fingerprint density at radius 1 is 1.23 bits per heavy atom. The molecule has 3 aromatic rings. The Hall–Kier alpha value is -2.47. The van der Waals surface area contributed by atoms with Crippen LogP contribution in [0.3, 0.4) is 0 Å². The molecule has 136 valence electrons. The molecule has 0 bridgehead atoms. The number of benzene rings is 1. The SMILES string of the molecule is CC(C)c1ccc(-c2noc(CCC(=O)N(C)Cc3cccs3)n2)cc1. The maximum absolute atomic E-state index is 12.3. The third-order valence-corrected chi connectivity index (χ3v) is 5.12. The van der Waals surface area contributed by atoms with Gasteiger partial charge >= 0.3 is 0 Å². The minimum atomic E-state index is 0.0689. The van der Waals surface area contributed by atoms with E-state index in [2.05, 4.69) is 36.1 Å². The lowest BCUT2D eigenvalue weighted by Gasteiger charge is -2.15. The van der Waals surface area contributed by atoms with Crippen molar-refractivity contribution >= 4 is 17.2 Å². The van der Waals surface area contributed by atoms with Gasteiger partial charge in [0.2, 0.25) is 17.6 Å². The van der Waals surface area contributed by atoms with E-state index in [1.807, 2.05) is 36.7 Å². The van der Waals surface area contributed by atoms with Crippen LogP contribution in [-0.4, -0.2) is 28.0 Å². The molecular weight excluding hydrogens is 346 g/mol. The molecule has 0 unspecified atom stereocenters. The van der Waals surface area contributed by atoms with Crippen molar-refractivity contribution in [3.63, 3.8) is 0 Å². The standard InChI is InChI=1S/C20H23N3O2S/c1-14(2)15-6-8-16(9-7-15)20-21-18(25-22-20)10-11-19(24)23(3)13-17-5-4-12-26-17/h4-9,12,14H,10-11,13H2,1-3H3. The molecule has 1 amide bonds. The molecule has 5 nitrogen and oxygen atoms in total. The van der Waals surface area contributed by atoms with Gasteiger partial charge in [-0.05, 0) is 22.9 Å². The van der Waals surface area contributed by atoms with E-state index in [-0.39, 0.29) is 5.91 Å². The first-order chi connectivity index (χ1) is 12.5. The summed E-state index contributed by atoms with van der Waals surface area (Å²) < 4.78 is 5.30. The largest absolute Gasteiger partial charge is 0.341 e. The van der Waals surface area contributed by atoms with Crippen LogP contribution in [0, 0.1) is 0 Å². The van der Waals surface area contributed by atoms with Crippen LogP contribution in [0.15, 0.2) is 46.3 Å². The Kier molecular flexibility index (Phi) is 5.83. The van der Waals surface area contributed by atoms with Crippen molar-refractivity contribution in [1.29, 1.82) is 0 Å². The quantitative estimate of drug-likeness (QED) is 0.615. The zero-order valence-electron chi connectivity index (χ0n) is 15.3. The lowest BCUT2D eigenvalue weighted by Crippen LogP contribution is -2.26. The van der Waals surface area contributed by atoms with Gasteiger partial charge in [0.1, 0.15) is 0 Å². The Balaban J connectivity index is 1.55. The summed E-state index contributed by atoms with van der Waals surface area (Å²) in [5.41, 5.74) is 2.20. The molecule has 2 aromatic heterocycles. The van der Waals surface area contributed by atoms with Gasteiger partial charge in [-0.1, -0.05) is 49.3 Å². The van der Waals surface area contributed by atoms with Gasteiger partial charge < -0.3 is 9.42 Å². The molecule has 6 heteroatoms. The summed E-state index contributed by atoms with van der Waals surface area (Å²) in [7, 11) is 1.82. The summed E-state index contributed by atoms with van der Waals surface area (Å²) >= 11 is 1.65. The highest BCUT2D eigenvalue weighted by molar-refractivity contribution is 7.09. The first kappa shape index (κ1) is 18.3. The van der Waals surface area contributed by atoms with E-state index in [4.69, 9.17) is 4.52 Å². The Bertz CT molecular complexity index is 838. The highest BCUT2D eigenvalue weighted by atomic mass is 32.1. The van der Waals surface area contributed by atoms with Crippen LogP contribution < -0.4 is 0 Å². The van der Waals surface area contributed by atoms with Crippen molar-refractivity contribution < 1.29 is 9.32 Å². The maximum atomic E-state index is 12.3. The monoisotopic (exact) mass is 369 g/mol. The van der Waals surface area contributed by atoms with Gasteiger partial charge in [-0.3, -0.25) is 4.79 Å².